The third-order valence-electron chi connectivity index (χ3n) is 1.82. The fraction of sp³-hybridized carbons (Fsp3) is 0.500. The lowest BCUT2D eigenvalue weighted by molar-refractivity contribution is -0.122. The third kappa shape index (κ3) is 8.07. The maximum atomic E-state index is 10.5. The first-order valence-electron chi connectivity index (χ1n) is 5.26. The first kappa shape index (κ1) is 15.2. The Kier molecular flexibility index (Phi) is 6.70. The van der Waals surface area contributed by atoms with Crippen molar-refractivity contribution in [1.82, 2.24) is 5.16 Å². The smallest absolute Gasteiger partial charge is 0.181 e. The molecule has 1 heterocycles. The van der Waals surface area contributed by atoms with E-state index in [1.165, 1.54) is 20.8 Å². The topological polar surface area (TPSA) is 77.2 Å². The van der Waals surface area contributed by atoms with Gasteiger partial charge in [0.1, 0.15) is 23.0 Å². The summed E-state index contributed by atoms with van der Waals surface area (Å²) in [7, 11) is 0. The highest BCUT2D eigenvalue weighted by Crippen LogP contribution is 2.00. The summed E-state index contributed by atoms with van der Waals surface area (Å²) in [5.74, 6) is 0.771. The van der Waals surface area contributed by atoms with Crippen LogP contribution in [0.25, 0.3) is 0 Å². The summed E-state index contributed by atoms with van der Waals surface area (Å²) in [5.41, 5.74) is 0.396. The van der Waals surface area contributed by atoms with Crippen LogP contribution in [-0.4, -0.2) is 22.5 Å². The predicted molar refractivity (Wildman–Crippen MR) is 61.8 cm³/mol. The number of ketones is 3. The molecule has 0 bridgehead atoms. The Bertz CT molecular complexity index is 392. The first-order valence-corrected chi connectivity index (χ1v) is 5.26. The lowest BCUT2D eigenvalue weighted by Crippen LogP contribution is -1.95. The predicted octanol–water partition coefficient (Wildman–Crippen LogP) is 2.13. The highest BCUT2D eigenvalue weighted by molar-refractivity contribution is 5.91. The van der Waals surface area contributed by atoms with Gasteiger partial charge in [-0.05, 0) is 20.8 Å². The van der Waals surface area contributed by atoms with Gasteiger partial charge in [0.2, 0.25) is 0 Å². The Morgan fingerprint density at radius 2 is 1.59 bits per heavy atom. The highest BCUT2D eigenvalue weighted by Gasteiger charge is 2.02. The van der Waals surface area contributed by atoms with Gasteiger partial charge in [-0.15, -0.1) is 0 Å². The second kappa shape index (κ2) is 7.49. The van der Waals surface area contributed by atoms with E-state index in [1.54, 1.807) is 13.0 Å². The number of rotatable bonds is 4. The second-order valence-corrected chi connectivity index (χ2v) is 3.78. The molecule has 0 spiro atoms. The summed E-state index contributed by atoms with van der Waals surface area (Å²) < 4.78 is 4.65. The number of aromatic nitrogens is 1. The van der Waals surface area contributed by atoms with Gasteiger partial charge < -0.3 is 14.1 Å². The van der Waals surface area contributed by atoms with E-state index < -0.39 is 0 Å². The van der Waals surface area contributed by atoms with Gasteiger partial charge >= 0.3 is 0 Å². The summed E-state index contributed by atoms with van der Waals surface area (Å²) >= 11 is 0. The number of nitrogens with zero attached hydrogens (tertiary/aromatic N) is 1. The molecule has 0 aliphatic carbocycles. The fourth-order valence-corrected chi connectivity index (χ4v) is 0.884. The first-order chi connectivity index (χ1) is 7.82. The van der Waals surface area contributed by atoms with E-state index in [0.29, 0.717) is 24.3 Å². The zero-order valence-electron chi connectivity index (χ0n) is 10.6. The van der Waals surface area contributed by atoms with Crippen molar-refractivity contribution in [2.75, 3.05) is 0 Å². The maximum absolute atomic E-state index is 10.5. The molecule has 0 aromatic carbocycles. The standard InChI is InChI=1S/C6H7NO2.C6H10O2/c1-4-3-6(5(2)8)7-9-4;1-5(7)3-4-6(2)8/h3H,1-2H3;3-4H2,1-2H3. The molecule has 0 radical (unpaired) electrons. The van der Waals surface area contributed by atoms with Crippen molar-refractivity contribution < 1.29 is 18.9 Å². The molecule has 94 valence electrons. The zero-order chi connectivity index (χ0) is 13.4. The van der Waals surface area contributed by atoms with Crippen molar-refractivity contribution in [2.45, 2.75) is 40.5 Å². The normalized spacial score (nSPS) is 9.18. The van der Waals surface area contributed by atoms with Crippen LogP contribution in [0.2, 0.25) is 0 Å². The number of carbonyl (C=O) groups excluding carboxylic acids is 3. The second-order valence-electron chi connectivity index (χ2n) is 3.78. The molecular formula is C12H17NO4. The van der Waals surface area contributed by atoms with Crippen LogP contribution >= 0.6 is 0 Å². The van der Waals surface area contributed by atoms with Crippen molar-refractivity contribution in [3.8, 4) is 0 Å². The van der Waals surface area contributed by atoms with E-state index >= 15 is 0 Å². The zero-order valence-corrected chi connectivity index (χ0v) is 10.6. The molecular weight excluding hydrogens is 222 g/mol. The van der Waals surface area contributed by atoms with Crippen LogP contribution in [0.1, 0.15) is 49.9 Å². The van der Waals surface area contributed by atoms with Crippen LogP contribution in [0.4, 0.5) is 0 Å². The Balaban J connectivity index is 0.000000304. The van der Waals surface area contributed by atoms with Gasteiger partial charge in [-0.3, -0.25) is 4.79 Å². The van der Waals surface area contributed by atoms with Gasteiger partial charge in [0.05, 0.1) is 0 Å². The number of hydrogen-bond acceptors (Lipinski definition) is 5. The molecule has 0 atom stereocenters. The van der Waals surface area contributed by atoms with E-state index in [0.717, 1.165) is 0 Å². The van der Waals surface area contributed by atoms with Crippen molar-refractivity contribution in [2.24, 2.45) is 0 Å². The van der Waals surface area contributed by atoms with Crippen molar-refractivity contribution in [3.63, 3.8) is 0 Å². The number of hydrogen-bond donors (Lipinski definition) is 0. The molecule has 0 N–H and O–H groups in total. The molecule has 1 aromatic heterocycles. The third-order valence-corrected chi connectivity index (χ3v) is 1.82. The Morgan fingerprint density at radius 3 is 1.76 bits per heavy atom. The average molecular weight is 239 g/mol. The largest absolute Gasteiger partial charge is 0.361 e. The minimum absolute atomic E-state index is 0.0631. The lowest BCUT2D eigenvalue weighted by atomic mass is 10.2. The Morgan fingerprint density at radius 1 is 1.12 bits per heavy atom. The number of carbonyl (C=O) groups is 3. The van der Waals surface area contributed by atoms with Gasteiger partial charge in [-0.2, -0.15) is 0 Å². The minimum atomic E-state index is -0.0631. The molecule has 1 aromatic rings. The van der Waals surface area contributed by atoms with Crippen LogP contribution in [0, 0.1) is 6.92 Å². The molecule has 0 aliphatic heterocycles. The summed E-state index contributed by atoms with van der Waals surface area (Å²) in [6, 6.07) is 1.61. The maximum Gasteiger partial charge on any atom is 0.181 e. The lowest BCUT2D eigenvalue weighted by Gasteiger charge is -1.86. The van der Waals surface area contributed by atoms with Crippen LogP contribution in [0.3, 0.4) is 0 Å². The molecule has 0 aliphatic rings. The van der Waals surface area contributed by atoms with Gasteiger partial charge in [-0.1, -0.05) is 5.16 Å². The molecule has 0 saturated carbocycles. The SMILES string of the molecule is CC(=O)CCC(C)=O.CC(=O)c1cc(C)on1. The van der Waals surface area contributed by atoms with E-state index in [1.807, 2.05) is 0 Å². The molecule has 5 heteroatoms. The molecule has 0 unspecified atom stereocenters. The van der Waals surface area contributed by atoms with Crippen molar-refractivity contribution in [1.29, 1.82) is 0 Å². The van der Waals surface area contributed by atoms with Gasteiger partial charge in [0.25, 0.3) is 0 Å². The average Bonchev–Trinajstić information content (AvgIpc) is 2.63. The summed E-state index contributed by atoms with van der Waals surface area (Å²) in [6.07, 6.45) is 0.796. The van der Waals surface area contributed by atoms with E-state index in [9.17, 15) is 14.4 Å². The number of aryl methyl sites for hydroxylation is 1. The van der Waals surface area contributed by atoms with Gasteiger partial charge in [0.15, 0.2) is 5.78 Å². The summed E-state index contributed by atoms with van der Waals surface area (Å²) in [5, 5.41) is 3.49. The fourth-order valence-electron chi connectivity index (χ4n) is 0.884. The minimum Gasteiger partial charge on any atom is -0.361 e. The molecule has 1 rings (SSSR count). The number of Topliss-reactive ketones (excluding diaryl/α,β-unsaturated/α-hetero) is 3. The van der Waals surface area contributed by atoms with E-state index in [-0.39, 0.29) is 17.3 Å². The van der Waals surface area contributed by atoms with Crippen molar-refractivity contribution >= 4 is 17.3 Å². The molecule has 0 saturated heterocycles. The summed E-state index contributed by atoms with van der Waals surface area (Å²) in [6.45, 7) is 6.18. The Hall–Kier alpha value is -1.78. The molecule has 5 nitrogen and oxygen atoms in total. The van der Waals surface area contributed by atoms with Crippen LogP contribution in [-0.2, 0) is 9.59 Å². The molecule has 0 fully saturated rings. The van der Waals surface area contributed by atoms with Crippen molar-refractivity contribution in [3.05, 3.63) is 17.5 Å². The van der Waals surface area contributed by atoms with Gasteiger partial charge in [0, 0.05) is 25.8 Å². The summed E-state index contributed by atoms with van der Waals surface area (Å²) in [4.78, 5) is 30.9. The van der Waals surface area contributed by atoms with Crippen LogP contribution in [0.5, 0.6) is 0 Å². The van der Waals surface area contributed by atoms with Crippen LogP contribution < -0.4 is 0 Å². The van der Waals surface area contributed by atoms with Crippen LogP contribution in [0.15, 0.2) is 10.6 Å². The monoisotopic (exact) mass is 239 g/mol. The van der Waals surface area contributed by atoms with E-state index in [4.69, 9.17) is 0 Å². The Labute approximate surface area is 100 Å². The van der Waals surface area contributed by atoms with E-state index in [2.05, 4.69) is 9.68 Å². The highest BCUT2D eigenvalue weighted by atomic mass is 16.5. The quantitative estimate of drug-likeness (QED) is 0.752. The van der Waals surface area contributed by atoms with Gasteiger partial charge in [-0.25, -0.2) is 0 Å². The molecule has 0 amide bonds. The molecule has 17 heavy (non-hydrogen) atoms.